The monoisotopic (exact) mass is 199 g/mol. The Balaban J connectivity index is 1.93. The summed E-state index contributed by atoms with van der Waals surface area (Å²) in [5.74, 6) is 1.82. The number of benzene rings is 1. The quantitative estimate of drug-likeness (QED) is 0.759. The molecule has 2 aromatic rings. The number of hydrogen-bond donors (Lipinski definition) is 0. The molecule has 0 bridgehead atoms. The van der Waals surface area contributed by atoms with E-state index in [2.05, 4.69) is 22.2 Å². The van der Waals surface area contributed by atoms with Gasteiger partial charge in [-0.05, 0) is 18.8 Å². The highest BCUT2D eigenvalue weighted by atomic mass is 15.3. The zero-order valence-electron chi connectivity index (χ0n) is 8.50. The van der Waals surface area contributed by atoms with Crippen LogP contribution in [0.25, 0.3) is 11.4 Å². The van der Waals surface area contributed by atoms with E-state index >= 15 is 0 Å². The summed E-state index contributed by atoms with van der Waals surface area (Å²) in [6.07, 6.45) is 4.33. The van der Waals surface area contributed by atoms with E-state index in [1.807, 2.05) is 22.9 Å². The molecule has 1 aliphatic rings. The van der Waals surface area contributed by atoms with E-state index in [9.17, 15) is 0 Å². The van der Waals surface area contributed by atoms with Gasteiger partial charge in [0.25, 0.3) is 0 Å². The average molecular weight is 199 g/mol. The van der Waals surface area contributed by atoms with Crippen LogP contribution in [0.3, 0.4) is 0 Å². The Morgan fingerprint density at radius 3 is 2.73 bits per heavy atom. The van der Waals surface area contributed by atoms with Crippen LogP contribution in [0.4, 0.5) is 0 Å². The van der Waals surface area contributed by atoms with Crippen molar-refractivity contribution < 1.29 is 0 Å². The molecule has 3 heteroatoms. The van der Waals surface area contributed by atoms with Crippen molar-refractivity contribution in [3.8, 4) is 11.4 Å². The first-order valence-corrected chi connectivity index (χ1v) is 5.37. The second kappa shape index (κ2) is 3.50. The lowest BCUT2D eigenvalue weighted by atomic mass is 10.2. The van der Waals surface area contributed by atoms with Crippen LogP contribution in [0.1, 0.15) is 12.8 Å². The smallest absolute Gasteiger partial charge is 0.158 e. The molecule has 0 amide bonds. The summed E-state index contributed by atoms with van der Waals surface area (Å²) in [6, 6.07) is 10.2. The van der Waals surface area contributed by atoms with Gasteiger partial charge in [-0.2, -0.15) is 5.10 Å². The molecule has 1 aliphatic carbocycles. The van der Waals surface area contributed by atoms with Crippen LogP contribution in [-0.2, 0) is 6.54 Å². The zero-order valence-corrected chi connectivity index (χ0v) is 8.50. The van der Waals surface area contributed by atoms with Crippen molar-refractivity contribution in [3.05, 3.63) is 36.7 Å². The Labute approximate surface area is 88.8 Å². The molecule has 1 aromatic carbocycles. The summed E-state index contributed by atoms with van der Waals surface area (Å²) in [6.45, 7) is 1.02. The molecule has 1 fully saturated rings. The first kappa shape index (κ1) is 8.65. The second-order valence-electron chi connectivity index (χ2n) is 4.08. The molecular weight excluding hydrogens is 186 g/mol. The van der Waals surface area contributed by atoms with Gasteiger partial charge >= 0.3 is 0 Å². The SMILES string of the molecule is c1ccc(-c2ncnn2CC2CC2)cc1. The van der Waals surface area contributed by atoms with Crippen molar-refractivity contribution in [2.45, 2.75) is 19.4 Å². The molecule has 0 saturated heterocycles. The zero-order chi connectivity index (χ0) is 10.1. The van der Waals surface area contributed by atoms with Gasteiger partial charge in [0.05, 0.1) is 0 Å². The molecule has 3 rings (SSSR count). The van der Waals surface area contributed by atoms with E-state index in [4.69, 9.17) is 0 Å². The Kier molecular flexibility index (Phi) is 2.02. The fourth-order valence-corrected chi connectivity index (χ4v) is 1.75. The first-order valence-electron chi connectivity index (χ1n) is 5.37. The maximum Gasteiger partial charge on any atom is 0.158 e. The molecule has 76 valence electrons. The molecular formula is C12H13N3. The summed E-state index contributed by atoms with van der Waals surface area (Å²) in [4.78, 5) is 4.32. The Morgan fingerprint density at radius 1 is 1.20 bits per heavy atom. The molecule has 1 aromatic heterocycles. The predicted molar refractivity (Wildman–Crippen MR) is 58.2 cm³/mol. The highest BCUT2D eigenvalue weighted by molar-refractivity contribution is 5.54. The van der Waals surface area contributed by atoms with Gasteiger partial charge in [-0.15, -0.1) is 0 Å². The third-order valence-corrected chi connectivity index (χ3v) is 2.78. The lowest BCUT2D eigenvalue weighted by Crippen LogP contribution is -2.03. The highest BCUT2D eigenvalue weighted by Gasteiger charge is 2.23. The molecule has 1 saturated carbocycles. The van der Waals surface area contributed by atoms with Gasteiger partial charge < -0.3 is 0 Å². The first-order chi connectivity index (χ1) is 7.43. The highest BCUT2D eigenvalue weighted by Crippen LogP contribution is 2.31. The van der Waals surface area contributed by atoms with Crippen molar-refractivity contribution in [2.24, 2.45) is 5.92 Å². The van der Waals surface area contributed by atoms with Crippen LogP contribution < -0.4 is 0 Å². The normalized spacial score (nSPS) is 15.5. The van der Waals surface area contributed by atoms with Crippen molar-refractivity contribution in [2.75, 3.05) is 0 Å². The number of hydrogen-bond acceptors (Lipinski definition) is 2. The van der Waals surface area contributed by atoms with Gasteiger partial charge in [-0.25, -0.2) is 9.67 Å². The molecule has 1 heterocycles. The van der Waals surface area contributed by atoms with Gasteiger partial charge in [-0.1, -0.05) is 30.3 Å². The molecule has 0 unspecified atom stereocenters. The topological polar surface area (TPSA) is 30.7 Å². The maximum atomic E-state index is 4.32. The minimum absolute atomic E-state index is 0.828. The van der Waals surface area contributed by atoms with Gasteiger partial charge in [0.1, 0.15) is 6.33 Å². The summed E-state index contributed by atoms with van der Waals surface area (Å²) >= 11 is 0. The number of aromatic nitrogens is 3. The fraction of sp³-hybridized carbons (Fsp3) is 0.333. The molecule has 0 radical (unpaired) electrons. The van der Waals surface area contributed by atoms with Crippen molar-refractivity contribution in [1.29, 1.82) is 0 Å². The predicted octanol–water partition coefficient (Wildman–Crippen LogP) is 2.36. The summed E-state index contributed by atoms with van der Waals surface area (Å²) in [7, 11) is 0. The van der Waals surface area contributed by atoms with Crippen molar-refractivity contribution in [1.82, 2.24) is 14.8 Å². The van der Waals surface area contributed by atoms with Crippen LogP contribution >= 0.6 is 0 Å². The van der Waals surface area contributed by atoms with E-state index in [0.29, 0.717) is 0 Å². The lowest BCUT2D eigenvalue weighted by Gasteiger charge is -2.04. The molecule has 0 aliphatic heterocycles. The lowest BCUT2D eigenvalue weighted by molar-refractivity contribution is 0.568. The van der Waals surface area contributed by atoms with E-state index in [0.717, 1.165) is 23.9 Å². The van der Waals surface area contributed by atoms with Crippen LogP contribution in [0.2, 0.25) is 0 Å². The van der Waals surface area contributed by atoms with E-state index in [-0.39, 0.29) is 0 Å². The van der Waals surface area contributed by atoms with Gasteiger partial charge in [-0.3, -0.25) is 0 Å². The largest absolute Gasteiger partial charge is 0.246 e. The van der Waals surface area contributed by atoms with Crippen molar-refractivity contribution >= 4 is 0 Å². The molecule has 3 nitrogen and oxygen atoms in total. The minimum Gasteiger partial charge on any atom is -0.246 e. The molecule has 0 spiro atoms. The maximum absolute atomic E-state index is 4.32. The van der Waals surface area contributed by atoms with Crippen LogP contribution in [0.5, 0.6) is 0 Å². The van der Waals surface area contributed by atoms with Crippen LogP contribution in [0.15, 0.2) is 36.7 Å². The number of nitrogens with zero attached hydrogens (tertiary/aromatic N) is 3. The molecule has 0 atom stereocenters. The van der Waals surface area contributed by atoms with E-state index in [1.54, 1.807) is 6.33 Å². The van der Waals surface area contributed by atoms with Crippen LogP contribution in [0, 0.1) is 5.92 Å². The fourth-order valence-electron chi connectivity index (χ4n) is 1.75. The average Bonchev–Trinajstić information content (AvgIpc) is 2.96. The summed E-state index contributed by atoms with van der Waals surface area (Å²) in [5.41, 5.74) is 1.15. The standard InChI is InChI=1S/C12H13N3/c1-2-4-11(5-3-1)12-13-9-14-15(12)8-10-6-7-10/h1-5,9-10H,6-8H2. The minimum atomic E-state index is 0.828. The Hall–Kier alpha value is -1.64. The van der Waals surface area contributed by atoms with E-state index < -0.39 is 0 Å². The third kappa shape index (κ3) is 1.77. The van der Waals surface area contributed by atoms with Gasteiger partial charge in [0.2, 0.25) is 0 Å². The molecule has 15 heavy (non-hydrogen) atoms. The van der Waals surface area contributed by atoms with Crippen molar-refractivity contribution in [3.63, 3.8) is 0 Å². The van der Waals surface area contributed by atoms with Gasteiger partial charge in [0, 0.05) is 12.1 Å². The summed E-state index contributed by atoms with van der Waals surface area (Å²) in [5, 5.41) is 4.28. The van der Waals surface area contributed by atoms with Gasteiger partial charge in [0.15, 0.2) is 5.82 Å². The number of rotatable bonds is 3. The summed E-state index contributed by atoms with van der Waals surface area (Å²) < 4.78 is 2.02. The Morgan fingerprint density at radius 2 is 2.00 bits per heavy atom. The third-order valence-electron chi connectivity index (χ3n) is 2.78. The second-order valence-corrected chi connectivity index (χ2v) is 4.08. The van der Waals surface area contributed by atoms with Crippen LogP contribution in [-0.4, -0.2) is 14.8 Å². The molecule has 0 N–H and O–H groups in total. The Bertz CT molecular complexity index is 443. The van der Waals surface area contributed by atoms with E-state index in [1.165, 1.54) is 12.8 Å².